The van der Waals surface area contributed by atoms with E-state index in [0.29, 0.717) is 24.0 Å². The normalized spacial score (nSPS) is 20.2. The minimum atomic E-state index is -0.175. The molecule has 1 aromatic carbocycles. The van der Waals surface area contributed by atoms with Gasteiger partial charge in [-0.1, -0.05) is 32.9 Å². The largest absolute Gasteiger partial charge is 0.326 e. The highest BCUT2D eigenvalue weighted by atomic mass is 16.2. The van der Waals surface area contributed by atoms with Gasteiger partial charge in [-0.05, 0) is 34.4 Å². The van der Waals surface area contributed by atoms with Crippen molar-refractivity contribution in [3.05, 3.63) is 30.6 Å². The number of amides is 2. The lowest BCUT2D eigenvalue weighted by molar-refractivity contribution is 0.217. The van der Waals surface area contributed by atoms with Crippen LogP contribution >= 0.6 is 0 Å². The minimum absolute atomic E-state index is 0.174. The molecule has 2 atom stereocenters. The van der Waals surface area contributed by atoms with Gasteiger partial charge in [0.25, 0.3) is 0 Å². The second kappa shape index (κ2) is 7.38. The van der Waals surface area contributed by atoms with Crippen LogP contribution in [0.1, 0.15) is 27.2 Å². The number of hydrogen-bond donors (Lipinski definition) is 3. The maximum atomic E-state index is 12.6. The van der Waals surface area contributed by atoms with Crippen molar-refractivity contribution in [1.29, 1.82) is 0 Å². The third-order valence-electron chi connectivity index (χ3n) is 4.61. The number of hydrazine groups is 1. The average Bonchev–Trinajstić information content (AvgIpc) is 3.26. The van der Waals surface area contributed by atoms with Crippen molar-refractivity contribution in [3.8, 4) is 5.69 Å². The fourth-order valence-corrected chi connectivity index (χ4v) is 2.99. The van der Waals surface area contributed by atoms with E-state index in [0.717, 1.165) is 6.42 Å². The standard InChI is InChI=1S/C17H26N8O/c1-17(2,3)15-9-12(20-21-15)10-24(4)16(26)19-13-7-5-6-8-14(13)25-11-18-22-23-25/h5-8,11-12,15,20-21H,9-10H2,1-4H3,(H,19,26). The van der Waals surface area contributed by atoms with Crippen molar-refractivity contribution >= 4 is 11.7 Å². The van der Waals surface area contributed by atoms with Crippen LogP contribution in [0.2, 0.25) is 0 Å². The summed E-state index contributed by atoms with van der Waals surface area (Å²) in [6.45, 7) is 7.24. The van der Waals surface area contributed by atoms with Crippen molar-refractivity contribution in [3.63, 3.8) is 0 Å². The number of aromatic nitrogens is 4. The molecule has 1 aromatic heterocycles. The number of benzene rings is 1. The number of anilines is 1. The second-order valence-electron chi connectivity index (χ2n) is 7.72. The van der Waals surface area contributed by atoms with Crippen LogP contribution in [0.25, 0.3) is 5.69 Å². The molecule has 2 aromatic rings. The Kier molecular flexibility index (Phi) is 5.19. The van der Waals surface area contributed by atoms with Gasteiger partial charge < -0.3 is 10.2 Å². The molecule has 1 fully saturated rings. The van der Waals surface area contributed by atoms with Crippen LogP contribution in [0.15, 0.2) is 30.6 Å². The predicted molar refractivity (Wildman–Crippen MR) is 98.7 cm³/mol. The summed E-state index contributed by atoms with van der Waals surface area (Å²) < 4.78 is 1.52. The number of nitrogens with zero attached hydrogens (tertiary/aromatic N) is 5. The van der Waals surface area contributed by atoms with Gasteiger partial charge in [-0.15, -0.1) is 5.10 Å². The van der Waals surface area contributed by atoms with Crippen molar-refractivity contribution < 1.29 is 4.79 Å². The summed E-state index contributed by atoms with van der Waals surface area (Å²) in [6.07, 6.45) is 2.47. The van der Waals surface area contributed by atoms with E-state index in [4.69, 9.17) is 0 Å². The summed E-state index contributed by atoms with van der Waals surface area (Å²) in [6, 6.07) is 7.83. The highest BCUT2D eigenvalue weighted by Gasteiger charge is 2.33. The van der Waals surface area contributed by atoms with Gasteiger partial charge in [-0.25, -0.2) is 4.79 Å². The molecule has 9 heteroatoms. The molecule has 3 rings (SSSR count). The molecule has 0 radical (unpaired) electrons. The number of carbonyl (C=O) groups is 1. The molecule has 2 unspecified atom stereocenters. The van der Waals surface area contributed by atoms with Crippen molar-refractivity contribution in [2.75, 3.05) is 18.9 Å². The van der Waals surface area contributed by atoms with Crippen molar-refractivity contribution in [2.45, 2.75) is 39.3 Å². The Balaban J connectivity index is 1.61. The molecule has 1 aliphatic heterocycles. The number of likely N-dealkylation sites (N-methyl/N-ethyl adjacent to an activating group) is 1. The topological polar surface area (TPSA) is 100 Å². The molecule has 140 valence electrons. The molecule has 1 aliphatic rings. The number of urea groups is 1. The SMILES string of the molecule is CN(CC1CC(C(C)(C)C)NN1)C(=O)Nc1ccccc1-n1cnnn1. The van der Waals surface area contributed by atoms with Gasteiger partial charge in [0.2, 0.25) is 0 Å². The Morgan fingerprint density at radius 3 is 2.77 bits per heavy atom. The zero-order chi connectivity index (χ0) is 18.7. The molecule has 0 bridgehead atoms. The molecule has 9 nitrogen and oxygen atoms in total. The molecule has 0 aliphatic carbocycles. The number of carbonyl (C=O) groups excluding carboxylic acids is 1. The highest BCUT2D eigenvalue weighted by molar-refractivity contribution is 5.91. The lowest BCUT2D eigenvalue weighted by Gasteiger charge is -2.26. The van der Waals surface area contributed by atoms with E-state index in [1.165, 1.54) is 11.0 Å². The smallest absolute Gasteiger partial charge is 0.321 e. The molecular weight excluding hydrogens is 332 g/mol. The van der Waals surface area contributed by atoms with E-state index in [1.807, 2.05) is 24.3 Å². The monoisotopic (exact) mass is 358 g/mol. The summed E-state index contributed by atoms with van der Waals surface area (Å²) in [5.74, 6) is 0. The number of nitrogens with one attached hydrogen (secondary N) is 3. The number of tetrazole rings is 1. The van der Waals surface area contributed by atoms with Gasteiger partial charge in [0.1, 0.15) is 6.33 Å². The van der Waals surface area contributed by atoms with Crippen LogP contribution in [0, 0.1) is 5.41 Å². The summed E-state index contributed by atoms with van der Waals surface area (Å²) in [5, 5.41) is 14.1. The quantitative estimate of drug-likeness (QED) is 0.764. The summed E-state index contributed by atoms with van der Waals surface area (Å²) in [7, 11) is 1.79. The first-order valence-corrected chi connectivity index (χ1v) is 8.70. The molecule has 0 saturated carbocycles. The Morgan fingerprint density at radius 2 is 2.12 bits per heavy atom. The lowest BCUT2D eigenvalue weighted by atomic mass is 9.84. The van der Waals surface area contributed by atoms with Crippen molar-refractivity contribution in [1.82, 2.24) is 36.0 Å². The maximum Gasteiger partial charge on any atom is 0.321 e. The summed E-state index contributed by atoms with van der Waals surface area (Å²) in [4.78, 5) is 14.3. The van der Waals surface area contributed by atoms with Crippen LogP contribution in [0.3, 0.4) is 0 Å². The highest BCUT2D eigenvalue weighted by Crippen LogP contribution is 2.25. The van der Waals surface area contributed by atoms with Crippen LogP contribution in [0.5, 0.6) is 0 Å². The average molecular weight is 358 g/mol. The number of hydrogen-bond acceptors (Lipinski definition) is 6. The van der Waals surface area contributed by atoms with E-state index in [2.05, 4.69) is 52.5 Å². The van der Waals surface area contributed by atoms with E-state index >= 15 is 0 Å². The van der Waals surface area contributed by atoms with Gasteiger partial charge in [0, 0.05) is 25.7 Å². The van der Waals surface area contributed by atoms with Crippen LogP contribution in [-0.4, -0.2) is 56.8 Å². The van der Waals surface area contributed by atoms with Gasteiger partial charge in [-0.3, -0.25) is 10.9 Å². The van der Waals surface area contributed by atoms with E-state index < -0.39 is 0 Å². The zero-order valence-corrected chi connectivity index (χ0v) is 15.6. The maximum absolute atomic E-state index is 12.6. The first kappa shape index (κ1) is 18.3. The van der Waals surface area contributed by atoms with Gasteiger partial charge in [-0.2, -0.15) is 4.68 Å². The van der Waals surface area contributed by atoms with Gasteiger partial charge in [0.15, 0.2) is 0 Å². The Morgan fingerprint density at radius 1 is 1.35 bits per heavy atom. The Hall–Kier alpha value is -2.52. The van der Waals surface area contributed by atoms with Crippen molar-refractivity contribution in [2.24, 2.45) is 5.41 Å². The third-order valence-corrected chi connectivity index (χ3v) is 4.61. The molecule has 26 heavy (non-hydrogen) atoms. The summed E-state index contributed by atoms with van der Waals surface area (Å²) >= 11 is 0. The fourth-order valence-electron chi connectivity index (χ4n) is 2.99. The molecule has 2 amide bonds. The van der Waals surface area contributed by atoms with Gasteiger partial charge in [0.05, 0.1) is 11.4 Å². The fraction of sp³-hybridized carbons (Fsp3) is 0.529. The van der Waals surface area contributed by atoms with E-state index in [-0.39, 0.29) is 17.5 Å². The first-order valence-electron chi connectivity index (χ1n) is 8.70. The third kappa shape index (κ3) is 4.17. The summed E-state index contributed by atoms with van der Waals surface area (Å²) in [5.41, 5.74) is 8.17. The Labute approximate surface area is 153 Å². The number of para-hydroxylation sites is 2. The van der Waals surface area contributed by atoms with Crippen LogP contribution in [-0.2, 0) is 0 Å². The van der Waals surface area contributed by atoms with Crippen LogP contribution in [0.4, 0.5) is 10.5 Å². The lowest BCUT2D eigenvalue weighted by Crippen LogP contribution is -2.43. The molecule has 3 N–H and O–H groups in total. The molecule has 2 heterocycles. The van der Waals surface area contributed by atoms with Gasteiger partial charge >= 0.3 is 6.03 Å². The number of rotatable bonds is 4. The van der Waals surface area contributed by atoms with Crippen LogP contribution < -0.4 is 16.2 Å². The Bertz CT molecular complexity index is 739. The molecular formula is C17H26N8O. The van der Waals surface area contributed by atoms with E-state index in [9.17, 15) is 4.79 Å². The molecule has 0 spiro atoms. The molecule has 1 saturated heterocycles. The zero-order valence-electron chi connectivity index (χ0n) is 15.6. The second-order valence-corrected chi connectivity index (χ2v) is 7.72. The first-order chi connectivity index (χ1) is 12.3. The van der Waals surface area contributed by atoms with E-state index in [1.54, 1.807) is 11.9 Å². The predicted octanol–water partition coefficient (Wildman–Crippen LogP) is 1.41. The minimum Gasteiger partial charge on any atom is -0.326 e.